The summed E-state index contributed by atoms with van der Waals surface area (Å²) in [5.41, 5.74) is 0. The van der Waals surface area contributed by atoms with Gasteiger partial charge in [0.1, 0.15) is 30.5 Å². The summed E-state index contributed by atoms with van der Waals surface area (Å²) in [5.74, 6) is -0.394. The van der Waals surface area contributed by atoms with Crippen molar-refractivity contribution >= 4 is 16.4 Å². The first-order valence-electron chi connectivity index (χ1n) is 28.4. The van der Waals surface area contributed by atoms with Crippen molar-refractivity contribution in [3.8, 4) is 0 Å². The summed E-state index contributed by atoms with van der Waals surface area (Å²) >= 11 is 0. The average molecular weight is 992 g/mol. The number of hydrogen-bond acceptors (Lipinski definition) is 11. The van der Waals surface area contributed by atoms with Crippen LogP contribution in [0.5, 0.6) is 0 Å². The Kier molecular flexibility index (Phi) is 44.7. The average Bonchev–Trinajstić information content (AvgIpc) is 3.31. The van der Waals surface area contributed by atoms with Crippen LogP contribution < -0.4 is 0 Å². The first-order chi connectivity index (χ1) is 33.1. The minimum atomic E-state index is -5.06. The van der Waals surface area contributed by atoms with E-state index in [1.165, 1.54) is 199 Å². The number of ether oxygens (including phenoxy) is 4. The van der Waals surface area contributed by atoms with Gasteiger partial charge in [0.25, 0.3) is 0 Å². The van der Waals surface area contributed by atoms with E-state index >= 15 is 0 Å². The molecule has 6 atom stereocenters. The standard InChI is InChI=1S/C55H106O12S/c1-3-5-7-9-11-13-15-17-19-21-22-23-24-25-26-27-28-29-30-32-34-36-38-40-42-44-51(57)65-49(48-64-55-53(59)54(67-68(60,61)62)52(58)50(46-56)66-55)47-63-45-43-41-39-37-35-33-31-20-18-16-14-12-10-8-6-4-2/h18,20,49-50,52-56,58-59H,3-17,19,21-48H2,1-2H3,(H,60,61,62)/b20-18-. The Labute approximate surface area is 417 Å². The highest BCUT2D eigenvalue weighted by Crippen LogP contribution is 2.26. The molecule has 0 aliphatic carbocycles. The van der Waals surface area contributed by atoms with Crippen molar-refractivity contribution in [3.63, 3.8) is 0 Å². The van der Waals surface area contributed by atoms with Gasteiger partial charge in [-0.3, -0.25) is 9.35 Å². The number of aliphatic hydroxyl groups excluding tert-OH is 3. The molecule has 0 radical (unpaired) electrons. The summed E-state index contributed by atoms with van der Waals surface area (Å²) in [6, 6.07) is 0. The van der Waals surface area contributed by atoms with E-state index in [0.717, 1.165) is 44.9 Å². The van der Waals surface area contributed by atoms with Crippen LogP contribution in [0.25, 0.3) is 0 Å². The van der Waals surface area contributed by atoms with E-state index < -0.39 is 59.8 Å². The number of unbranched alkanes of at least 4 members (excludes halogenated alkanes) is 36. The lowest BCUT2D eigenvalue weighted by Gasteiger charge is -2.41. The van der Waals surface area contributed by atoms with Crippen molar-refractivity contribution in [1.82, 2.24) is 0 Å². The summed E-state index contributed by atoms with van der Waals surface area (Å²) in [6.45, 7) is 4.03. The van der Waals surface area contributed by atoms with Gasteiger partial charge in [0.15, 0.2) is 6.29 Å². The number of aliphatic hydroxyl groups is 3. The lowest BCUT2D eigenvalue weighted by molar-refractivity contribution is -0.301. The van der Waals surface area contributed by atoms with Gasteiger partial charge in [-0.25, -0.2) is 4.18 Å². The Morgan fingerprint density at radius 2 is 0.926 bits per heavy atom. The van der Waals surface area contributed by atoms with Gasteiger partial charge in [0.2, 0.25) is 0 Å². The fourth-order valence-electron chi connectivity index (χ4n) is 9.08. The molecule has 13 heteroatoms. The number of esters is 1. The van der Waals surface area contributed by atoms with Crippen molar-refractivity contribution in [3.05, 3.63) is 12.2 Å². The molecule has 6 unspecified atom stereocenters. The Morgan fingerprint density at radius 1 is 0.544 bits per heavy atom. The van der Waals surface area contributed by atoms with E-state index in [1.807, 2.05) is 0 Å². The van der Waals surface area contributed by atoms with Gasteiger partial charge in [-0.1, -0.05) is 238 Å². The van der Waals surface area contributed by atoms with Gasteiger partial charge < -0.3 is 34.3 Å². The summed E-state index contributed by atoms with van der Waals surface area (Å²) in [6.07, 6.45) is 45.4. The molecule has 68 heavy (non-hydrogen) atoms. The quantitative estimate of drug-likeness (QED) is 0.0196. The Hall–Kier alpha value is -1.16. The zero-order chi connectivity index (χ0) is 49.6. The molecule has 404 valence electrons. The van der Waals surface area contributed by atoms with Crippen molar-refractivity contribution in [2.24, 2.45) is 0 Å². The smallest absolute Gasteiger partial charge is 0.397 e. The lowest BCUT2D eigenvalue weighted by atomic mass is 9.99. The van der Waals surface area contributed by atoms with Gasteiger partial charge in [0, 0.05) is 13.0 Å². The molecule has 0 spiro atoms. The molecule has 1 fully saturated rings. The van der Waals surface area contributed by atoms with Gasteiger partial charge in [-0.2, -0.15) is 8.42 Å². The second-order valence-electron chi connectivity index (χ2n) is 19.9. The van der Waals surface area contributed by atoms with Gasteiger partial charge >= 0.3 is 16.4 Å². The molecule has 12 nitrogen and oxygen atoms in total. The molecule has 1 aliphatic heterocycles. The van der Waals surface area contributed by atoms with Crippen LogP contribution in [0.4, 0.5) is 0 Å². The third-order valence-corrected chi connectivity index (χ3v) is 13.9. The molecule has 0 aromatic carbocycles. The van der Waals surface area contributed by atoms with Gasteiger partial charge in [-0.15, -0.1) is 0 Å². The van der Waals surface area contributed by atoms with E-state index in [2.05, 4.69) is 30.2 Å². The number of rotatable bonds is 51. The molecule has 4 N–H and O–H groups in total. The Balaban J connectivity index is 2.27. The Bertz CT molecular complexity index is 1240. The summed E-state index contributed by atoms with van der Waals surface area (Å²) < 4.78 is 59.4. The maximum absolute atomic E-state index is 12.9. The van der Waals surface area contributed by atoms with Crippen LogP contribution in [0.15, 0.2) is 12.2 Å². The number of carbonyl (C=O) groups is 1. The monoisotopic (exact) mass is 991 g/mol. The van der Waals surface area contributed by atoms with Crippen molar-refractivity contribution in [2.45, 2.75) is 307 Å². The zero-order valence-electron chi connectivity index (χ0n) is 43.7. The SMILES string of the molecule is CCCCCCCC/C=C\CCCCCCCCOCC(COC1OC(CO)C(O)C(OS(=O)(=O)O)C1O)OC(=O)CCCCCCCCCCCCCCCCCCCCCCCCCCC. The normalized spacial score (nSPS) is 19.3. The summed E-state index contributed by atoms with van der Waals surface area (Å²) in [4.78, 5) is 12.9. The molecule has 0 aromatic rings. The fraction of sp³-hybridized carbons (Fsp3) is 0.945. The van der Waals surface area contributed by atoms with Crippen LogP contribution in [-0.4, -0.2) is 97.5 Å². The number of hydrogen-bond donors (Lipinski definition) is 4. The first kappa shape index (κ1) is 64.9. The molecular weight excluding hydrogens is 885 g/mol. The summed E-state index contributed by atoms with van der Waals surface area (Å²) in [5, 5.41) is 30.8. The van der Waals surface area contributed by atoms with Crippen LogP contribution >= 0.6 is 0 Å². The maximum atomic E-state index is 12.9. The van der Waals surface area contributed by atoms with Crippen molar-refractivity contribution in [1.29, 1.82) is 0 Å². The molecule has 0 bridgehead atoms. The van der Waals surface area contributed by atoms with Gasteiger partial charge in [-0.05, 0) is 38.5 Å². The fourth-order valence-corrected chi connectivity index (χ4v) is 9.59. The highest BCUT2D eigenvalue weighted by Gasteiger charge is 2.48. The highest BCUT2D eigenvalue weighted by atomic mass is 32.3. The number of allylic oxidation sites excluding steroid dienone is 2. The van der Waals surface area contributed by atoms with Crippen LogP contribution in [0.3, 0.4) is 0 Å². The summed E-state index contributed by atoms with van der Waals surface area (Å²) in [7, 11) is -5.06. The first-order valence-corrected chi connectivity index (χ1v) is 29.8. The van der Waals surface area contributed by atoms with E-state index in [1.54, 1.807) is 0 Å². The largest absolute Gasteiger partial charge is 0.457 e. The zero-order valence-corrected chi connectivity index (χ0v) is 44.5. The topological polar surface area (TPSA) is 178 Å². The van der Waals surface area contributed by atoms with Crippen LogP contribution in [0.1, 0.15) is 271 Å². The molecule has 1 rings (SSSR count). The predicted octanol–water partition coefficient (Wildman–Crippen LogP) is 13.8. The third kappa shape index (κ3) is 39.5. The molecule has 1 heterocycles. The maximum Gasteiger partial charge on any atom is 0.397 e. The second kappa shape index (κ2) is 46.9. The van der Waals surface area contributed by atoms with Crippen LogP contribution in [0, 0.1) is 0 Å². The molecule has 0 saturated carbocycles. The van der Waals surface area contributed by atoms with E-state index in [0.29, 0.717) is 13.0 Å². The lowest BCUT2D eigenvalue weighted by Crippen LogP contribution is -2.60. The predicted molar refractivity (Wildman–Crippen MR) is 276 cm³/mol. The van der Waals surface area contributed by atoms with E-state index in [-0.39, 0.29) is 19.6 Å². The van der Waals surface area contributed by atoms with Crippen molar-refractivity contribution < 1.29 is 56.2 Å². The molecule has 0 aromatic heterocycles. The molecule has 1 aliphatic rings. The Morgan fingerprint density at radius 3 is 1.32 bits per heavy atom. The highest BCUT2D eigenvalue weighted by molar-refractivity contribution is 7.80. The number of carbonyl (C=O) groups excluding carboxylic acids is 1. The van der Waals surface area contributed by atoms with Crippen LogP contribution in [-0.2, 0) is 38.3 Å². The van der Waals surface area contributed by atoms with E-state index in [9.17, 15) is 33.1 Å². The minimum Gasteiger partial charge on any atom is -0.457 e. The molecular formula is C55H106O12S. The third-order valence-electron chi connectivity index (χ3n) is 13.4. The van der Waals surface area contributed by atoms with Crippen molar-refractivity contribution in [2.75, 3.05) is 26.4 Å². The second-order valence-corrected chi connectivity index (χ2v) is 20.9. The van der Waals surface area contributed by atoms with Crippen LogP contribution in [0.2, 0.25) is 0 Å². The molecule has 0 amide bonds. The molecule has 1 saturated heterocycles. The van der Waals surface area contributed by atoms with Gasteiger partial charge in [0.05, 0.1) is 19.8 Å². The van der Waals surface area contributed by atoms with E-state index in [4.69, 9.17) is 18.9 Å². The minimum absolute atomic E-state index is 0.0378.